The summed E-state index contributed by atoms with van der Waals surface area (Å²) in [6.45, 7) is 2.54. The van der Waals surface area contributed by atoms with Gasteiger partial charge in [-0.25, -0.2) is 14.2 Å². The van der Waals surface area contributed by atoms with Gasteiger partial charge in [-0.2, -0.15) is 0 Å². The Hall–Kier alpha value is -2.63. The molecule has 126 valence electrons. The summed E-state index contributed by atoms with van der Waals surface area (Å²) in [5.74, 6) is 1.16. The second-order valence-electron chi connectivity index (χ2n) is 5.96. The van der Waals surface area contributed by atoms with Gasteiger partial charge in [-0.1, -0.05) is 6.07 Å². The molecule has 5 nitrogen and oxygen atoms in total. The second kappa shape index (κ2) is 7.77. The molecule has 6 heteroatoms. The molecule has 1 aliphatic heterocycles. The molecule has 0 unspecified atom stereocenters. The van der Waals surface area contributed by atoms with E-state index in [4.69, 9.17) is 0 Å². The van der Waals surface area contributed by atoms with E-state index in [2.05, 4.69) is 20.5 Å². The number of amides is 2. The Morgan fingerprint density at radius 2 is 1.92 bits per heavy atom. The van der Waals surface area contributed by atoms with Crippen molar-refractivity contribution < 1.29 is 9.18 Å². The molecule has 1 aliphatic rings. The van der Waals surface area contributed by atoms with Crippen molar-refractivity contribution in [1.29, 1.82) is 0 Å². The summed E-state index contributed by atoms with van der Waals surface area (Å²) in [6, 6.07) is 11.4. The summed E-state index contributed by atoms with van der Waals surface area (Å²) in [5, 5.41) is 5.60. The Bertz CT molecular complexity index is 654. The van der Waals surface area contributed by atoms with Crippen LogP contribution in [0.3, 0.4) is 0 Å². The maximum absolute atomic E-state index is 12.8. The molecule has 0 atom stereocenters. The SMILES string of the molecule is O=C(NCC1CCN(c2ccccn2)CC1)Nc1ccc(F)cc1. The number of hydrogen-bond acceptors (Lipinski definition) is 3. The van der Waals surface area contributed by atoms with Crippen LogP contribution in [0.5, 0.6) is 0 Å². The average Bonchev–Trinajstić information content (AvgIpc) is 2.63. The Morgan fingerprint density at radius 3 is 2.58 bits per heavy atom. The smallest absolute Gasteiger partial charge is 0.319 e. The minimum absolute atomic E-state index is 0.256. The van der Waals surface area contributed by atoms with Crippen molar-refractivity contribution in [2.45, 2.75) is 12.8 Å². The molecule has 2 heterocycles. The van der Waals surface area contributed by atoms with Crippen LogP contribution in [0.25, 0.3) is 0 Å². The number of hydrogen-bond donors (Lipinski definition) is 2. The summed E-state index contributed by atoms with van der Waals surface area (Å²) in [6.07, 6.45) is 3.85. The van der Waals surface area contributed by atoms with Crippen LogP contribution in [-0.2, 0) is 0 Å². The first kappa shape index (κ1) is 16.2. The first-order chi connectivity index (χ1) is 11.7. The van der Waals surface area contributed by atoms with Gasteiger partial charge in [-0.05, 0) is 55.2 Å². The molecule has 3 rings (SSSR count). The molecule has 2 aromatic rings. The van der Waals surface area contributed by atoms with E-state index in [1.54, 1.807) is 12.1 Å². The highest BCUT2D eigenvalue weighted by Crippen LogP contribution is 2.21. The quantitative estimate of drug-likeness (QED) is 0.906. The molecular formula is C18H21FN4O. The predicted molar refractivity (Wildman–Crippen MR) is 92.6 cm³/mol. The van der Waals surface area contributed by atoms with Crippen molar-refractivity contribution in [2.24, 2.45) is 5.92 Å². The molecule has 2 amide bonds. The van der Waals surface area contributed by atoms with Crippen molar-refractivity contribution in [3.63, 3.8) is 0 Å². The van der Waals surface area contributed by atoms with Crippen LogP contribution in [-0.4, -0.2) is 30.6 Å². The van der Waals surface area contributed by atoms with Crippen molar-refractivity contribution in [1.82, 2.24) is 10.3 Å². The number of carbonyl (C=O) groups is 1. The van der Waals surface area contributed by atoms with Gasteiger partial charge in [0.2, 0.25) is 0 Å². The number of pyridine rings is 1. The van der Waals surface area contributed by atoms with E-state index in [1.807, 2.05) is 24.4 Å². The molecule has 0 radical (unpaired) electrons. The number of aromatic nitrogens is 1. The molecule has 1 saturated heterocycles. The third-order valence-electron chi connectivity index (χ3n) is 4.24. The lowest BCUT2D eigenvalue weighted by atomic mass is 9.97. The van der Waals surface area contributed by atoms with E-state index >= 15 is 0 Å². The number of carbonyl (C=O) groups excluding carboxylic acids is 1. The summed E-state index contributed by atoms with van der Waals surface area (Å²) < 4.78 is 12.8. The Balaban J connectivity index is 1.40. The standard InChI is InChI=1S/C18H21FN4O/c19-15-4-6-16(7-5-15)22-18(24)21-13-14-8-11-23(12-9-14)17-3-1-2-10-20-17/h1-7,10,14H,8-9,11-13H2,(H2,21,22,24). The lowest BCUT2D eigenvalue weighted by molar-refractivity contribution is 0.248. The molecule has 24 heavy (non-hydrogen) atoms. The van der Waals surface area contributed by atoms with Gasteiger partial charge in [0, 0.05) is 31.5 Å². The monoisotopic (exact) mass is 328 g/mol. The number of nitrogens with one attached hydrogen (secondary N) is 2. The van der Waals surface area contributed by atoms with E-state index in [-0.39, 0.29) is 11.8 Å². The number of nitrogens with zero attached hydrogens (tertiary/aromatic N) is 2. The molecule has 1 fully saturated rings. The summed E-state index contributed by atoms with van der Waals surface area (Å²) >= 11 is 0. The van der Waals surface area contributed by atoms with Crippen LogP contribution >= 0.6 is 0 Å². The van der Waals surface area contributed by atoms with E-state index in [1.165, 1.54) is 12.1 Å². The van der Waals surface area contributed by atoms with Crippen LogP contribution in [0, 0.1) is 11.7 Å². The molecular weight excluding hydrogens is 307 g/mol. The van der Waals surface area contributed by atoms with Crippen LogP contribution in [0.2, 0.25) is 0 Å². The Morgan fingerprint density at radius 1 is 1.17 bits per heavy atom. The highest BCUT2D eigenvalue weighted by atomic mass is 19.1. The lowest BCUT2D eigenvalue weighted by Crippen LogP contribution is -2.40. The van der Waals surface area contributed by atoms with Crippen LogP contribution in [0.1, 0.15) is 12.8 Å². The first-order valence-corrected chi connectivity index (χ1v) is 8.17. The first-order valence-electron chi connectivity index (χ1n) is 8.17. The number of urea groups is 1. The molecule has 1 aromatic heterocycles. The molecule has 0 spiro atoms. The maximum Gasteiger partial charge on any atom is 0.319 e. The lowest BCUT2D eigenvalue weighted by Gasteiger charge is -2.32. The number of halogens is 1. The van der Waals surface area contributed by atoms with E-state index in [9.17, 15) is 9.18 Å². The molecule has 0 aliphatic carbocycles. The fourth-order valence-electron chi connectivity index (χ4n) is 2.85. The van der Waals surface area contributed by atoms with Crippen molar-refractivity contribution in [3.8, 4) is 0 Å². The largest absolute Gasteiger partial charge is 0.357 e. The third kappa shape index (κ3) is 4.44. The molecule has 1 aromatic carbocycles. The van der Waals surface area contributed by atoms with E-state index < -0.39 is 0 Å². The summed E-state index contributed by atoms with van der Waals surface area (Å²) in [4.78, 5) is 18.5. The van der Waals surface area contributed by atoms with Crippen molar-refractivity contribution >= 4 is 17.5 Å². The van der Waals surface area contributed by atoms with Crippen molar-refractivity contribution in [2.75, 3.05) is 29.9 Å². The third-order valence-corrected chi connectivity index (χ3v) is 4.24. The molecule has 2 N–H and O–H groups in total. The summed E-state index contributed by atoms with van der Waals surface area (Å²) in [7, 11) is 0. The van der Waals surface area contributed by atoms with E-state index in [0.29, 0.717) is 18.2 Å². The molecule has 0 saturated carbocycles. The van der Waals surface area contributed by atoms with Gasteiger partial charge in [-0.15, -0.1) is 0 Å². The zero-order valence-electron chi connectivity index (χ0n) is 13.4. The van der Waals surface area contributed by atoms with Gasteiger partial charge in [0.15, 0.2) is 0 Å². The fraction of sp³-hybridized carbons (Fsp3) is 0.333. The average molecular weight is 328 g/mol. The van der Waals surface area contributed by atoms with Gasteiger partial charge in [-0.3, -0.25) is 0 Å². The van der Waals surface area contributed by atoms with Gasteiger partial charge in [0.1, 0.15) is 11.6 Å². The van der Waals surface area contributed by atoms with Crippen LogP contribution < -0.4 is 15.5 Å². The molecule has 0 bridgehead atoms. The zero-order valence-corrected chi connectivity index (χ0v) is 13.4. The number of piperidine rings is 1. The maximum atomic E-state index is 12.8. The minimum Gasteiger partial charge on any atom is -0.357 e. The Labute approximate surface area is 140 Å². The van der Waals surface area contributed by atoms with Crippen LogP contribution in [0.15, 0.2) is 48.7 Å². The summed E-state index contributed by atoms with van der Waals surface area (Å²) in [5.41, 5.74) is 0.582. The minimum atomic E-state index is -0.319. The Kier molecular flexibility index (Phi) is 5.25. The van der Waals surface area contributed by atoms with Gasteiger partial charge in [0.05, 0.1) is 0 Å². The van der Waals surface area contributed by atoms with E-state index in [0.717, 1.165) is 31.7 Å². The highest BCUT2D eigenvalue weighted by molar-refractivity contribution is 5.89. The number of rotatable bonds is 4. The topological polar surface area (TPSA) is 57.3 Å². The van der Waals surface area contributed by atoms with Gasteiger partial charge < -0.3 is 15.5 Å². The fourth-order valence-corrected chi connectivity index (χ4v) is 2.85. The second-order valence-corrected chi connectivity index (χ2v) is 5.96. The zero-order chi connectivity index (χ0) is 16.8. The normalized spacial score (nSPS) is 15.1. The van der Waals surface area contributed by atoms with Gasteiger partial charge >= 0.3 is 6.03 Å². The predicted octanol–water partition coefficient (Wildman–Crippen LogP) is 3.26. The van der Waals surface area contributed by atoms with Gasteiger partial charge in [0.25, 0.3) is 0 Å². The van der Waals surface area contributed by atoms with Crippen molar-refractivity contribution in [3.05, 3.63) is 54.5 Å². The van der Waals surface area contributed by atoms with Crippen LogP contribution in [0.4, 0.5) is 20.7 Å². The number of anilines is 2. The highest BCUT2D eigenvalue weighted by Gasteiger charge is 2.20. The number of benzene rings is 1.